The van der Waals surface area contributed by atoms with Gasteiger partial charge in [-0.3, -0.25) is 9.59 Å². The Bertz CT molecular complexity index is 1660. The highest BCUT2D eigenvalue weighted by molar-refractivity contribution is 5.70. The van der Waals surface area contributed by atoms with E-state index in [1.807, 2.05) is 21.1 Å². The van der Waals surface area contributed by atoms with Gasteiger partial charge in [0.1, 0.15) is 13.2 Å². The number of unbranched alkanes of at least 4 members (excludes halogenated alkanes) is 25. The maximum absolute atomic E-state index is 12.9. The molecule has 0 aromatic heterocycles. The van der Waals surface area contributed by atoms with E-state index in [1.54, 1.807) is 0 Å². The summed E-state index contributed by atoms with van der Waals surface area (Å²) in [4.78, 5) is 37.3. The lowest BCUT2D eigenvalue weighted by Crippen LogP contribution is -2.44. The molecule has 2 unspecified atom stereocenters. The lowest BCUT2D eigenvalue weighted by atomic mass is 10.0. The molecule has 0 saturated heterocycles. The van der Waals surface area contributed by atoms with E-state index in [1.165, 1.54) is 122 Å². The summed E-state index contributed by atoms with van der Waals surface area (Å²) in [6.45, 7) is 4.63. The molecule has 0 aromatic rings. The van der Waals surface area contributed by atoms with Crippen LogP contribution in [0.2, 0.25) is 0 Å². The summed E-state index contributed by atoms with van der Waals surface area (Å²) in [5.41, 5.74) is 0. The molecule has 0 aliphatic carbocycles. The molecule has 0 spiro atoms. The molecule has 0 aromatic carbocycles. The third-order valence-corrected chi connectivity index (χ3v) is 13.5. The van der Waals surface area contributed by atoms with E-state index < -0.39 is 24.3 Å². The van der Waals surface area contributed by atoms with Gasteiger partial charge in [0, 0.05) is 12.8 Å². The summed E-state index contributed by atoms with van der Waals surface area (Å²) in [5, 5.41) is 11.8. The van der Waals surface area contributed by atoms with Gasteiger partial charge in [-0.15, -0.1) is 0 Å². The number of allylic oxidation sites excluding steroid dienone is 18. The number of carboxylic acids is 1. The third-order valence-electron chi connectivity index (χ3n) is 13.5. The Hall–Kier alpha value is -4.05. The van der Waals surface area contributed by atoms with Gasteiger partial charge in [0.15, 0.2) is 12.4 Å². The van der Waals surface area contributed by atoms with Crippen LogP contribution in [-0.2, 0) is 33.3 Å². The van der Waals surface area contributed by atoms with Crippen LogP contribution in [0.5, 0.6) is 0 Å². The first-order valence-corrected chi connectivity index (χ1v) is 32.0. The maximum atomic E-state index is 12.9. The van der Waals surface area contributed by atoms with Crippen LogP contribution in [-0.4, -0.2) is 82.3 Å². The molecule has 0 amide bonds. The monoisotopic (exact) mass is 1100 g/mol. The number of carbonyl (C=O) groups excluding carboxylic acids is 3. The van der Waals surface area contributed by atoms with Crippen LogP contribution in [0.4, 0.5) is 0 Å². The van der Waals surface area contributed by atoms with Gasteiger partial charge in [-0.25, -0.2) is 0 Å². The summed E-state index contributed by atoms with van der Waals surface area (Å²) in [6.07, 6.45) is 80.1. The van der Waals surface area contributed by atoms with Crippen molar-refractivity contribution in [1.82, 2.24) is 0 Å². The molecule has 0 bridgehead atoms. The van der Waals surface area contributed by atoms with Crippen molar-refractivity contribution in [2.45, 2.75) is 270 Å². The molecule has 0 heterocycles. The lowest BCUT2D eigenvalue weighted by molar-refractivity contribution is -0.870. The number of hydrogen-bond donors (Lipinski definition) is 0. The predicted octanol–water partition coefficient (Wildman–Crippen LogP) is 18.1. The van der Waals surface area contributed by atoms with Gasteiger partial charge < -0.3 is 33.3 Å². The quantitative estimate of drug-likeness (QED) is 0.0195. The number of carboxylic acid groups (broad SMARTS) is 1. The van der Waals surface area contributed by atoms with Gasteiger partial charge in [0.05, 0.1) is 40.3 Å². The van der Waals surface area contributed by atoms with Crippen LogP contribution in [0.25, 0.3) is 0 Å². The van der Waals surface area contributed by atoms with Crippen LogP contribution in [0.1, 0.15) is 258 Å². The Morgan fingerprint density at radius 1 is 0.392 bits per heavy atom. The fraction of sp³-hybridized carbons (Fsp3) is 0.700. The topological polar surface area (TPSA) is 111 Å². The number of hydrogen-bond acceptors (Lipinski definition) is 8. The molecule has 0 fully saturated rings. The van der Waals surface area contributed by atoms with Crippen LogP contribution in [0.3, 0.4) is 0 Å². The van der Waals surface area contributed by atoms with Gasteiger partial charge in [-0.05, 0) is 103 Å². The van der Waals surface area contributed by atoms with E-state index >= 15 is 0 Å². The SMILES string of the molecule is CC/C=C\C/C=C\C/C=C\C/C=C\C/C=C\C/C=C\C/C=C\C/C=C\CCCCCCCCCCCCCCC(=O)OC(COC(=O)CCCCCCCCC/C=C\CCCCCCCC)COC(OCC[N+](C)(C)C)C(=O)[O-]. The molecule has 9 nitrogen and oxygen atoms in total. The summed E-state index contributed by atoms with van der Waals surface area (Å²) >= 11 is 0. The number of quaternary nitrogens is 1. The van der Waals surface area contributed by atoms with E-state index in [4.69, 9.17) is 18.9 Å². The number of ether oxygens (including phenoxy) is 4. The smallest absolute Gasteiger partial charge is 0.306 e. The Morgan fingerprint density at radius 2 is 0.722 bits per heavy atom. The van der Waals surface area contributed by atoms with Crippen molar-refractivity contribution in [2.24, 2.45) is 0 Å². The summed E-state index contributed by atoms with van der Waals surface area (Å²) in [6, 6.07) is 0. The van der Waals surface area contributed by atoms with Crippen LogP contribution in [0, 0.1) is 0 Å². The first-order valence-electron chi connectivity index (χ1n) is 32.0. The van der Waals surface area contributed by atoms with Gasteiger partial charge in [0.25, 0.3) is 0 Å². The van der Waals surface area contributed by atoms with E-state index in [2.05, 4.69) is 123 Å². The molecular formula is C70H119NO8. The summed E-state index contributed by atoms with van der Waals surface area (Å²) < 4.78 is 22.7. The zero-order chi connectivity index (χ0) is 57.6. The first kappa shape index (κ1) is 75.0. The Labute approximate surface area is 485 Å². The molecule has 0 aliphatic rings. The van der Waals surface area contributed by atoms with Crippen LogP contribution in [0.15, 0.2) is 109 Å². The molecule has 9 heteroatoms. The van der Waals surface area contributed by atoms with Crippen molar-refractivity contribution >= 4 is 17.9 Å². The number of esters is 2. The van der Waals surface area contributed by atoms with Crippen molar-refractivity contribution in [3.05, 3.63) is 109 Å². The largest absolute Gasteiger partial charge is 0.545 e. The van der Waals surface area contributed by atoms with Gasteiger partial charge in [-0.1, -0.05) is 252 Å². The standard InChI is InChI=1S/C70H119NO8/c1-6-8-10-12-14-16-18-20-22-24-25-26-27-28-29-30-31-32-33-34-35-36-37-38-39-40-41-42-43-45-47-49-51-53-55-57-59-61-68(73)79-66(65-78-70(69(74)75)76-63-62-71(3,4)5)64-77-67(72)60-58-56-54-52-50-48-46-44-23-21-19-17-15-13-11-9-7-2/h8,10,14,16,20-23,25-26,28-29,31-32,34-35,37-38,66,70H,6-7,9,11-13,15,17-19,24,27,30,33,36,39-65H2,1-5H3/b10-8-,16-14-,22-20-,23-21-,26-25-,29-28-,32-31-,35-34-,38-37-. The molecule has 0 radical (unpaired) electrons. The highest BCUT2D eigenvalue weighted by atomic mass is 16.7. The normalized spacial score (nSPS) is 13.5. The number of carbonyl (C=O) groups is 3. The van der Waals surface area contributed by atoms with E-state index in [-0.39, 0.29) is 38.6 Å². The molecule has 0 rings (SSSR count). The second kappa shape index (κ2) is 60.1. The molecule has 0 aliphatic heterocycles. The predicted molar refractivity (Wildman–Crippen MR) is 333 cm³/mol. The highest BCUT2D eigenvalue weighted by Gasteiger charge is 2.22. The van der Waals surface area contributed by atoms with E-state index in [9.17, 15) is 19.5 Å². The highest BCUT2D eigenvalue weighted by Crippen LogP contribution is 2.16. The fourth-order valence-electron chi connectivity index (χ4n) is 8.61. The molecule has 0 saturated carbocycles. The summed E-state index contributed by atoms with van der Waals surface area (Å²) in [5.74, 6) is -2.29. The minimum absolute atomic E-state index is 0.143. The number of rotatable bonds is 58. The zero-order valence-corrected chi connectivity index (χ0v) is 51.5. The molecular weight excluding hydrogens is 983 g/mol. The second-order valence-corrected chi connectivity index (χ2v) is 22.3. The minimum atomic E-state index is -1.63. The van der Waals surface area contributed by atoms with Crippen molar-refractivity contribution in [2.75, 3.05) is 47.5 Å². The first-order chi connectivity index (χ1) is 38.6. The van der Waals surface area contributed by atoms with E-state index in [0.717, 1.165) is 103 Å². The molecule has 0 N–H and O–H groups in total. The van der Waals surface area contributed by atoms with Gasteiger partial charge in [-0.2, -0.15) is 0 Å². The van der Waals surface area contributed by atoms with Crippen molar-refractivity contribution in [3.8, 4) is 0 Å². The number of aliphatic carboxylic acids is 1. The minimum Gasteiger partial charge on any atom is -0.545 e. The summed E-state index contributed by atoms with van der Waals surface area (Å²) in [7, 11) is 5.92. The molecule has 79 heavy (non-hydrogen) atoms. The third kappa shape index (κ3) is 61.4. The average molecular weight is 1100 g/mol. The second-order valence-electron chi connectivity index (χ2n) is 22.3. The Kier molecular flexibility index (Phi) is 57.0. The van der Waals surface area contributed by atoms with Crippen LogP contribution >= 0.6 is 0 Å². The Morgan fingerprint density at radius 3 is 1.09 bits per heavy atom. The number of likely N-dealkylation sites (N-methyl/N-ethyl adjacent to an activating group) is 1. The van der Waals surface area contributed by atoms with E-state index in [0.29, 0.717) is 17.4 Å². The maximum Gasteiger partial charge on any atom is 0.306 e. The number of nitrogens with zero attached hydrogens (tertiary/aromatic N) is 1. The van der Waals surface area contributed by atoms with Crippen molar-refractivity contribution in [1.29, 1.82) is 0 Å². The van der Waals surface area contributed by atoms with Crippen LogP contribution < -0.4 is 5.11 Å². The zero-order valence-electron chi connectivity index (χ0n) is 51.5. The van der Waals surface area contributed by atoms with Crippen molar-refractivity contribution < 1.29 is 42.9 Å². The van der Waals surface area contributed by atoms with Gasteiger partial charge >= 0.3 is 11.9 Å². The van der Waals surface area contributed by atoms with Crippen molar-refractivity contribution in [3.63, 3.8) is 0 Å². The molecule has 452 valence electrons. The fourth-order valence-corrected chi connectivity index (χ4v) is 8.61. The molecule has 2 atom stereocenters. The average Bonchev–Trinajstić information content (AvgIpc) is 3.42. The Balaban J connectivity index is 4.15. The van der Waals surface area contributed by atoms with Gasteiger partial charge in [0.2, 0.25) is 0 Å². The lowest BCUT2D eigenvalue weighted by Gasteiger charge is -2.26.